The van der Waals surface area contributed by atoms with Gasteiger partial charge < -0.3 is 20.3 Å². The first kappa shape index (κ1) is 20.8. The van der Waals surface area contributed by atoms with Gasteiger partial charge in [0.15, 0.2) is 6.61 Å². The summed E-state index contributed by atoms with van der Waals surface area (Å²) in [5.41, 5.74) is 2.01. The van der Waals surface area contributed by atoms with Gasteiger partial charge in [0.1, 0.15) is 5.75 Å². The zero-order valence-corrected chi connectivity index (χ0v) is 16.8. The third kappa shape index (κ3) is 7.31. The van der Waals surface area contributed by atoms with Crippen molar-refractivity contribution in [3.63, 3.8) is 0 Å². The quantitative estimate of drug-likeness (QED) is 0.603. The van der Waals surface area contributed by atoms with Gasteiger partial charge in [-0.2, -0.15) is 0 Å². The number of rotatable bonds is 10. The number of anilines is 2. The maximum Gasteiger partial charge on any atom is 0.258 e. The van der Waals surface area contributed by atoms with E-state index in [4.69, 9.17) is 4.74 Å². The number of carbonyl (C=O) groups excluding carboxylic acids is 1. The van der Waals surface area contributed by atoms with E-state index in [2.05, 4.69) is 38.3 Å². The van der Waals surface area contributed by atoms with Crippen molar-refractivity contribution in [2.75, 3.05) is 25.0 Å². The summed E-state index contributed by atoms with van der Waals surface area (Å²) in [7, 11) is 0. The first-order valence-electron chi connectivity index (χ1n) is 9.63. The van der Waals surface area contributed by atoms with Crippen molar-refractivity contribution in [2.24, 2.45) is 0 Å². The number of hydrogen-bond donors (Lipinski definition) is 3. The van der Waals surface area contributed by atoms with E-state index in [-0.39, 0.29) is 12.5 Å². The van der Waals surface area contributed by atoms with Crippen LogP contribution in [-0.4, -0.2) is 37.7 Å². The first-order valence-corrected chi connectivity index (χ1v) is 9.63. The Morgan fingerprint density at radius 3 is 2.11 bits per heavy atom. The lowest BCUT2D eigenvalue weighted by Crippen LogP contribution is -3.18. The Kier molecular flexibility index (Phi) is 8.14. The van der Waals surface area contributed by atoms with Gasteiger partial charge >= 0.3 is 0 Å². The largest absolute Gasteiger partial charge is 0.484 e. The molecule has 0 fully saturated rings. The number of quaternary nitrogens is 1. The molecule has 0 aliphatic rings. The van der Waals surface area contributed by atoms with E-state index in [0.717, 1.165) is 17.9 Å². The molecule has 5 nitrogen and oxygen atoms in total. The molecule has 0 aliphatic heterocycles. The highest BCUT2D eigenvalue weighted by Gasteiger charge is 2.16. The number of para-hydroxylation sites is 1. The summed E-state index contributed by atoms with van der Waals surface area (Å²) in [4.78, 5) is 13.5. The highest BCUT2D eigenvalue weighted by molar-refractivity contribution is 5.77. The molecule has 5 heteroatoms. The molecule has 0 unspecified atom stereocenters. The molecular formula is C22H32N3O2+. The number of ether oxygens (including phenoxy) is 1. The van der Waals surface area contributed by atoms with Gasteiger partial charge in [-0.3, -0.25) is 4.79 Å². The van der Waals surface area contributed by atoms with E-state index in [1.165, 1.54) is 4.90 Å². The topological polar surface area (TPSA) is 54.8 Å². The Morgan fingerprint density at radius 2 is 1.52 bits per heavy atom. The van der Waals surface area contributed by atoms with Crippen molar-refractivity contribution in [2.45, 2.75) is 39.8 Å². The number of nitrogens with one attached hydrogen (secondary N) is 3. The Morgan fingerprint density at radius 1 is 0.926 bits per heavy atom. The van der Waals surface area contributed by atoms with Crippen molar-refractivity contribution in [3.8, 4) is 5.75 Å². The maximum absolute atomic E-state index is 12.0. The van der Waals surface area contributed by atoms with Crippen LogP contribution in [0, 0.1) is 0 Å². The second kappa shape index (κ2) is 10.6. The van der Waals surface area contributed by atoms with Gasteiger partial charge in [-0.05, 0) is 64.1 Å². The lowest BCUT2D eigenvalue weighted by Gasteiger charge is -2.27. The standard InChI is InChI=1S/C22H31N3O2/c1-17(2)25(18(3)4)15-14-23-22(26)16-27-21-12-10-20(11-13-21)24-19-8-6-5-7-9-19/h5-13,17-18,24H,14-16H2,1-4H3,(H,23,26)/p+1. The molecule has 27 heavy (non-hydrogen) atoms. The second-order valence-corrected chi connectivity index (χ2v) is 7.29. The lowest BCUT2D eigenvalue weighted by atomic mass is 10.2. The van der Waals surface area contributed by atoms with Crippen LogP contribution >= 0.6 is 0 Å². The van der Waals surface area contributed by atoms with Crippen LogP contribution in [0.25, 0.3) is 0 Å². The molecule has 0 spiro atoms. The number of benzene rings is 2. The van der Waals surface area contributed by atoms with Gasteiger partial charge in [0, 0.05) is 11.4 Å². The van der Waals surface area contributed by atoms with E-state index in [1.54, 1.807) is 0 Å². The molecule has 1 amide bonds. The minimum absolute atomic E-state index is 0.0319. The van der Waals surface area contributed by atoms with E-state index in [0.29, 0.717) is 24.4 Å². The molecule has 0 heterocycles. The van der Waals surface area contributed by atoms with Crippen molar-refractivity contribution >= 4 is 17.3 Å². The fraction of sp³-hybridized carbons (Fsp3) is 0.409. The van der Waals surface area contributed by atoms with Gasteiger partial charge in [-0.1, -0.05) is 18.2 Å². The summed E-state index contributed by atoms with van der Waals surface area (Å²) in [6, 6.07) is 18.7. The van der Waals surface area contributed by atoms with Crippen molar-refractivity contribution in [1.82, 2.24) is 5.32 Å². The first-order chi connectivity index (χ1) is 13.0. The highest BCUT2D eigenvalue weighted by Crippen LogP contribution is 2.19. The SMILES string of the molecule is CC(C)[NH+](CCNC(=O)COc1ccc(Nc2ccccc2)cc1)C(C)C. The van der Waals surface area contributed by atoms with E-state index >= 15 is 0 Å². The molecule has 2 aromatic rings. The average Bonchev–Trinajstić information content (AvgIpc) is 2.65. The summed E-state index contributed by atoms with van der Waals surface area (Å²) < 4.78 is 5.58. The molecule has 0 radical (unpaired) electrons. The van der Waals surface area contributed by atoms with Crippen LogP contribution in [0.5, 0.6) is 5.75 Å². The Bertz CT molecular complexity index is 676. The monoisotopic (exact) mass is 370 g/mol. The lowest BCUT2D eigenvalue weighted by molar-refractivity contribution is -0.941. The number of carbonyl (C=O) groups is 1. The molecule has 0 aliphatic carbocycles. The third-order valence-corrected chi connectivity index (χ3v) is 4.51. The summed E-state index contributed by atoms with van der Waals surface area (Å²) in [6.45, 7) is 10.4. The van der Waals surface area contributed by atoms with Gasteiger partial charge in [0.05, 0.1) is 25.2 Å². The van der Waals surface area contributed by atoms with E-state index < -0.39 is 0 Å². The minimum atomic E-state index is -0.0895. The molecule has 2 aromatic carbocycles. The van der Waals surface area contributed by atoms with Crippen LogP contribution in [0.4, 0.5) is 11.4 Å². The molecule has 0 atom stereocenters. The summed E-state index contributed by atoms with van der Waals surface area (Å²) in [5, 5.41) is 6.26. The molecular weight excluding hydrogens is 338 g/mol. The van der Waals surface area contributed by atoms with Crippen molar-refractivity contribution in [1.29, 1.82) is 0 Å². The van der Waals surface area contributed by atoms with Gasteiger partial charge in [0.2, 0.25) is 0 Å². The molecule has 0 saturated heterocycles. The minimum Gasteiger partial charge on any atom is -0.484 e. The van der Waals surface area contributed by atoms with Crippen LogP contribution in [0.15, 0.2) is 54.6 Å². The Labute approximate surface area is 162 Å². The molecule has 0 aromatic heterocycles. The molecule has 3 N–H and O–H groups in total. The highest BCUT2D eigenvalue weighted by atomic mass is 16.5. The summed E-state index contributed by atoms with van der Waals surface area (Å²) >= 11 is 0. The van der Waals surface area contributed by atoms with E-state index in [1.807, 2.05) is 54.6 Å². The predicted molar refractivity (Wildman–Crippen MR) is 111 cm³/mol. The van der Waals surface area contributed by atoms with Gasteiger partial charge in [-0.15, -0.1) is 0 Å². The van der Waals surface area contributed by atoms with Crippen LogP contribution in [-0.2, 0) is 4.79 Å². The smallest absolute Gasteiger partial charge is 0.258 e. The zero-order chi connectivity index (χ0) is 19.6. The van der Waals surface area contributed by atoms with Crippen molar-refractivity contribution < 1.29 is 14.4 Å². The summed E-state index contributed by atoms with van der Waals surface area (Å²) in [6.07, 6.45) is 0. The number of amides is 1. The van der Waals surface area contributed by atoms with Gasteiger partial charge in [-0.25, -0.2) is 0 Å². The second-order valence-electron chi connectivity index (χ2n) is 7.29. The van der Waals surface area contributed by atoms with Crippen LogP contribution in [0.3, 0.4) is 0 Å². The fourth-order valence-corrected chi connectivity index (χ4v) is 3.11. The van der Waals surface area contributed by atoms with Crippen molar-refractivity contribution in [3.05, 3.63) is 54.6 Å². The van der Waals surface area contributed by atoms with Crippen LogP contribution in [0.1, 0.15) is 27.7 Å². The average molecular weight is 371 g/mol. The number of hydrogen-bond acceptors (Lipinski definition) is 3. The van der Waals surface area contributed by atoms with E-state index in [9.17, 15) is 4.79 Å². The third-order valence-electron chi connectivity index (χ3n) is 4.51. The predicted octanol–water partition coefficient (Wildman–Crippen LogP) is 2.63. The Hall–Kier alpha value is -2.53. The fourth-order valence-electron chi connectivity index (χ4n) is 3.11. The zero-order valence-electron chi connectivity index (χ0n) is 16.8. The van der Waals surface area contributed by atoms with Crippen LogP contribution < -0.4 is 20.3 Å². The molecule has 2 rings (SSSR count). The summed E-state index contributed by atoms with van der Waals surface area (Å²) in [5.74, 6) is 0.591. The molecule has 146 valence electrons. The normalized spacial score (nSPS) is 11.1. The maximum atomic E-state index is 12.0. The molecule has 0 bridgehead atoms. The van der Waals surface area contributed by atoms with Crippen LogP contribution in [0.2, 0.25) is 0 Å². The Balaban J connectivity index is 1.72. The van der Waals surface area contributed by atoms with Gasteiger partial charge in [0.25, 0.3) is 5.91 Å². The molecule has 0 saturated carbocycles.